The van der Waals surface area contributed by atoms with Crippen LogP contribution in [0.2, 0.25) is 0 Å². The van der Waals surface area contributed by atoms with Crippen molar-refractivity contribution in [1.29, 1.82) is 0 Å². The van der Waals surface area contributed by atoms with Crippen molar-refractivity contribution < 1.29 is 23.8 Å². The Kier molecular flexibility index (Phi) is 5.77. The van der Waals surface area contributed by atoms with Crippen LogP contribution in [0.5, 0.6) is 0 Å². The number of hydrogen-bond acceptors (Lipinski definition) is 5. The van der Waals surface area contributed by atoms with Crippen LogP contribution in [0, 0.1) is 22.7 Å². The summed E-state index contributed by atoms with van der Waals surface area (Å²) in [5.41, 5.74) is 2.94. The molecule has 2 fully saturated rings. The average Bonchev–Trinajstić information content (AvgIpc) is 2.89. The van der Waals surface area contributed by atoms with E-state index in [9.17, 15) is 9.59 Å². The standard InChI is InChI=1S/C23H34O5/c1-7-16-18(23(6)12-8-11-22(4,5)13-23)10-9-17-19(16)21(27-15(3)25)28-20(17)26-14(2)24/h7,10,17,19-21H,8-9,11-13H2,1-6H3/b16-7+/t17-,19+,20-,21+,23+/m0/s1. The summed E-state index contributed by atoms with van der Waals surface area (Å²) in [7, 11) is 0. The molecule has 1 aliphatic heterocycles. The maximum atomic E-state index is 11.7. The number of carbonyl (C=O) groups excluding carboxylic acids is 2. The third kappa shape index (κ3) is 4.05. The first-order valence-corrected chi connectivity index (χ1v) is 10.4. The van der Waals surface area contributed by atoms with E-state index in [2.05, 4.69) is 32.9 Å². The zero-order chi connectivity index (χ0) is 20.7. The summed E-state index contributed by atoms with van der Waals surface area (Å²) in [4.78, 5) is 23.2. The van der Waals surface area contributed by atoms with Gasteiger partial charge in [-0.2, -0.15) is 0 Å². The molecule has 0 amide bonds. The van der Waals surface area contributed by atoms with Crippen LogP contribution in [0.4, 0.5) is 0 Å². The minimum atomic E-state index is -0.720. The van der Waals surface area contributed by atoms with Crippen molar-refractivity contribution in [2.24, 2.45) is 22.7 Å². The van der Waals surface area contributed by atoms with Crippen molar-refractivity contribution in [3.8, 4) is 0 Å². The van der Waals surface area contributed by atoms with E-state index in [4.69, 9.17) is 14.2 Å². The molecule has 3 rings (SSSR count). The summed E-state index contributed by atoms with van der Waals surface area (Å²) in [6.07, 6.45) is 8.54. The van der Waals surface area contributed by atoms with Gasteiger partial charge in [-0.25, -0.2) is 0 Å². The molecular formula is C23H34O5. The van der Waals surface area contributed by atoms with Crippen molar-refractivity contribution in [1.82, 2.24) is 0 Å². The Morgan fingerprint density at radius 2 is 1.75 bits per heavy atom. The minimum Gasteiger partial charge on any atom is -0.435 e. The Balaban J connectivity index is 1.96. The van der Waals surface area contributed by atoms with Crippen molar-refractivity contribution in [2.45, 2.75) is 86.2 Å². The normalized spacial score (nSPS) is 38.5. The van der Waals surface area contributed by atoms with Gasteiger partial charge in [0.1, 0.15) is 0 Å². The molecule has 0 N–H and O–H groups in total. The Labute approximate surface area is 168 Å². The highest BCUT2D eigenvalue weighted by Crippen LogP contribution is 2.56. The zero-order valence-electron chi connectivity index (χ0n) is 18.0. The molecular weight excluding hydrogens is 356 g/mol. The second-order valence-corrected chi connectivity index (χ2v) is 9.63. The number of carbonyl (C=O) groups is 2. The second kappa shape index (κ2) is 7.66. The monoisotopic (exact) mass is 390 g/mol. The number of rotatable bonds is 3. The molecule has 156 valence electrons. The van der Waals surface area contributed by atoms with Crippen LogP contribution in [0.25, 0.3) is 0 Å². The molecule has 0 aromatic heterocycles. The van der Waals surface area contributed by atoms with Crippen molar-refractivity contribution in [3.05, 3.63) is 23.3 Å². The fourth-order valence-electron chi connectivity index (χ4n) is 5.78. The Morgan fingerprint density at radius 3 is 2.32 bits per heavy atom. The first kappa shape index (κ1) is 21.1. The van der Waals surface area contributed by atoms with Crippen LogP contribution in [-0.4, -0.2) is 24.5 Å². The fraction of sp³-hybridized carbons (Fsp3) is 0.739. The molecule has 5 heteroatoms. The van der Waals surface area contributed by atoms with Gasteiger partial charge < -0.3 is 14.2 Å². The molecule has 28 heavy (non-hydrogen) atoms. The number of esters is 2. The van der Waals surface area contributed by atoms with E-state index in [1.807, 2.05) is 6.92 Å². The molecule has 1 heterocycles. The van der Waals surface area contributed by atoms with Gasteiger partial charge in [0.05, 0.1) is 5.92 Å². The quantitative estimate of drug-likeness (QED) is 0.641. The third-order valence-electron chi connectivity index (χ3n) is 6.61. The van der Waals surface area contributed by atoms with Crippen molar-refractivity contribution >= 4 is 11.9 Å². The molecule has 0 aromatic carbocycles. The Hall–Kier alpha value is -1.62. The van der Waals surface area contributed by atoms with Gasteiger partial charge in [-0.05, 0) is 54.6 Å². The van der Waals surface area contributed by atoms with E-state index in [1.165, 1.54) is 37.8 Å². The highest BCUT2D eigenvalue weighted by Gasteiger charge is 2.53. The minimum absolute atomic E-state index is 0.0385. The van der Waals surface area contributed by atoms with E-state index >= 15 is 0 Å². The van der Waals surface area contributed by atoms with Gasteiger partial charge in [0.25, 0.3) is 0 Å². The topological polar surface area (TPSA) is 61.8 Å². The second-order valence-electron chi connectivity index (χ2n) is 9.63. The number of fused-ring (bicyclic) bond motifs is 1. The lowest BCUT2D eigenvalue weighted by Gasteiger charge is -2.47. The van der Waals surface area contributed by atoms with Crippen molar-refractivity contribution in [2.75, 3.05) is 0 Å². The van der Waals surface area contributed by atoms with Gasteiger partial charge in [0, 0.05) is 19.8 Å². The Bertz CT molecular complexity index is 704. The summed E-state index contributed by atoms with van der Waals surface area (Å²) in [5.74, 6) is -0.919. The molecule has 3 aliphatic rings. The van der Waals surface area contributed by atoms with Crippen LogP contribution < -0.4 is 0 Å². The van der Waals surface area contributed by atoms with Crippen LogP contribution >= 0.6 is 0 Å². The van der Waals surface area contributed by atoms with Gasteiger partial charge >= 0.3 is 11.9 Å². The van der Waals surface area contributed by atoms with Crippen LogP contribution in [0.1, 0.15) is 73.6 Å². The average molecular weight is 391 g/mol. The fourth-order valence-corrected chi connectivity index (χ4v) is 5.78. The molecule has 0 aromatic rings. The largest absolute Gasteiger partial charge is 0.435 e. The van der Waals surface area contributed by atoms with E-state index in [-0.39, 0.29) is 29.2 Å². The smallest absolute Gasteiger partial charge is 0.304 e. The molecule has 0 radical (unpaired) electrons. The first-order valence-electron chi connectivity index (χ1n) is 10.4. The molecule has 1 saturated carbocycles. The summed E-state index contributed by atoms with van der Waals surface area (Å²) >= 11 is 0. The Morgan fingerprint density at radius 1 is 1.11 bits per heavy atom. The summed E-state index contributed by atoms with van der Waals surface area (Å²) < 4.78 is 16.8. The molecule has 0 spiro atoms. The molecule has 2 aliphatic carbocycles. The molecule has 5 atom stereocenters. The van der Waals surface area contributed by atoms with E-state index in [1.54, 1.807) is 0 Å². The first-order chi connectivity index (χ1) is 13.1. The summed E-state index contributed by atoms with van der Waals surface area (Å²) in [6, 6.07) is 0. The SMILES string of the molecule is C/C=C1\C([C@]2(C)CCCC(C)(C)C2)=CC[C@@H]2[C@@H](OC(C)=O)O[C@@H](OC(C)=O)[C@H]12. The van der Waals surface area contributed by atoms with Crippen LogP contribution in [-0.2, 0) is 23.8 Å². The van der Waals surface area contributed by atoms with Gasteiger partial charge in [0.15, 0.2) is 0 Å². The third-order valence-corrected chi connectivity index (χ3v) is 6.61. The lowest BCUT2D eigenvalue weighted by atomic mass is 9.57. The number of allylic oxidation sites excluding steroid dienone is 3. The molecule has 5 nitrogen and oxygen atoms in total. The number of ether oxygens (including phenoxy) is 3. The predicted molar refractivity (Wildman–Crippen MR) is 106 cm³/mol. The van der Waals surface area contributed by atoms with Gasteiger partial charge in [-0.3, -0.25) is 9.59 Å². The molecule has 1 saturated heterocycles. The summed E-state index contributed by atoms with van der Waals surface area (Å²) in [5, 5.41) is 0. The lowest BCUT2D eigenvalue weighted by Crippen LogP contribution is -2.38. The van der Waals surface area contributed by atoms with Crippen LogP contribution in [0.3, 0.4) is 0 Å². The molecule has 0 bridgehead atoms. The van der Waals surface area contributed by atoms with Gasteiger partial charge in [-0.1, -0.05) is 39.3 Å². The maximum absolute atomic E-state index is 11.7. The lowest BCUT2D eigenvalue weighted by molar-refractivity contribution is -0.213. The highest BCUT2D eigenvalue weighted by atomic mass is 16.8. The van der Waals surface area contributed by atoms with E-state index in [0.29, 0.717) is 5.41 Å². The zero-order valence-corrected chi connectivity index (χ0v) is 18.0. The predicted octanol–water partition coefficient (Wildman–Crippen LogP) is 4.91. The summed E-state index contributed by atoms with van der Waals surface area (Å²) in [6.45, 7) is 11.9. The van der Waals surface area contributed by atoms with Gasteiger partial charge in [0.2, 0.25) is 12.6 Å². The van der Waals surface area contributed by atoms with Crippen LogP contribution in [0.15, 0.2) is 23.3 Å². The van der Waals surface area contributed by atoms with E-state index in [0.717, 1.165) is 19.3 Å². The highest BCUT2D eigenvalue weighted by molar-refractivity contribution is 5.67. The number of hydrogen-bond donors (Lipinski definition) is 0. The molecule has 0 unspecified atom stereocenters. The maximum Gasteiger partial charge on any atom is 0.304 e. The van der Waals surface area contributed by atoms with Crippen molar-refractivity contribution in [3.63, 3.8) is 0 Å². The van der Waals surface area contributed by atoms with E-state index < -0.39 is 12.6 Å². The van der Waals surface area contributed by atoms with Gasteiger partial charge in [-0.15, -0.1) is 0 Å².